The van der Waals surface area contributed by atoms with Crippen LogP contribution in [-0.2, 0) is 6.42 Å². The third-order valence-electron chi connectivity index (χ3n) is 2.80. The first kappa shape index (κ1) is 14.1. The normalized spacial score (nSPS) is 10.3. The highest BCUT2D eigenvalue weighted by atomic mass is 16.5. The molecule has 1 aromatic carbocycles. The summed E-state index contributed by atoms with van der Waals surface area (Å²) in [6.07, 6.45) is 1.76. The lowest BCUT2D eigenvalue weighted by Crippen LogP contribution is -2.08. The topological polar surface area (TPSA) is 64.3 Å². The van der Waals surface area contributed by atoms with E-state index in [-0.39, 0.29) is 0 Å². The second-order valence-corrected chi connectivity index (χ2v) is 4.79. The monoisotopic (exact) mass is 272 g/mol. The van der Waals surface area contributed by atoms with Gasteiger partial charge < -0.3 is 15.4 Å². The highest BCUT2D eigenvalue weighted by Gasteiger charge is 2.05. The van der Waals surface area contributed by atoms with Gasteiger partial charge in [-0.1, -0.05) is 13.0 Å². The Labute approximate surface area is 119 Å². The quantitative estimate of drug-likeness (QED) is 0.906. The molecule has 0 unspecified atom stereocenters. The van der Waals surface area contributed by atoms with Crippen molar-refractivity contribution in [3.05, 3.63) is 36.2 Å². The number of aryl methyl sites for hydroxylation is 1. The first-order chi connectivity index (χ1) is 9.58. The van der Waals surface area contributed by atoms with E-state index in [0.717, 1.165) is 24.3 Å². The minimum atomic E-state index is 0.433. The van der Waals surface area contributed by atoms with E-state index in [4.69, 9.17) is 10.5 Å². The molecule has 0 atom stereocenters. The average molecular weight is 272 g/mol. The first-order valence-electron chi connectivity index (χ1n) is 6.67. The van der Waals surface area contributed by atoms with Crippen LogP contribution < -0.4 is 15.4 Å². The fourth-order valence-electron chi connectivity index (χ4n) is 1.83. The average Bonchev–Trinajstić information content (AvgIpc) is 2.38. The molecule has 0 aliphatic heterocycles. The van der Waals surface area contributed by atoms with Gasteiger partial charge in [0.2, 0.25) is 5.88 Å². The van der Waals surface area contributed by atoms with E-state index >= 15 is 0 Å². The summed E-state index contributed by atoms with van der Waals surface area (Å²) in [6, 6.07) is 9.45. The number of hydrogen-bond donors (Lipinski definition) is 1. The van der Waals surface area contributed by atoms with Crippen LogP contribution >= 0.6 is 0 Å². The Hall–Kier alpha value is -2.30. The zero-order valence-electron chi connectivity index (χ0n) is 12.1. The molecular weight excluding hydrogens is 252 g/mol. The fraction of sp³-hybridized carbons (Fsp3) is 0.333. The van der Waals surface area contributed by atoms with Crippen molar-refractivity contribution < 1.29 is 4.74 Å². The van der Waals surface area contributed by atoms with Crippen LogP contribution in [0.15, 0.2) is 30.3 Å². The molecule has 5 heteroatoms. The largest absolute Gasteiger partial charge is 0.439 e. The summed E-state index contributed by atoms with van der Waals surface area (Å²) in [5.74, 6) is 2.36. The van der Waals surface area contributed by atoms with E-state index in [9.17, 15) is 0 Å². The van der Waals surface area contributed by atoms with Gasteiger partial charge in [0.15, 0.2) is 0 Å². The van der Waals surface area contributed by atoms with Crippen LogP contribution in [0, 0.1) is 0 Å². The van der Waals surface area contributed by atoms with Gasteiger partial charge in [-0.2, -0.15) is 4.98 Å². The highest BCUT2D eigenvalue weighted by molar-refractivity contribution is 5.50. The smallest absolute Gasteiger partial charge is 0.224 e. The zero-order chi connectivity index (χ0) is 14.5. The predicted molar refractivity (Wildman–Crippen MR) is 81.3 cm³/mol. The summed E-state index contributed by atoms with van der Waals surface area (Å²) in [5.41, 5.74) is 6.85. The van der Waals surface area contributed by atoms with Crippen LogP contribution in [0.1, 0.15) is 19.2 Å². The van der Waals surface area contributed by atoms with E-state index in [1.807, 2.05) is 43.3 Å². The molecule has 1 heterocycles. The van der Waals surface area contributed by atoms with Crippen molar-refractivity contribution in [3.63, 3.8) is 0 Å². The number of nitrogen functional groups attached to an aromatic ring is 1. The van der Waals surface area contributed by atoms with Gasteiger partial charge in [-0.3, -0.25) is 0 Å². The van der Waals surface area contributed by atoms with E-state index in [1.54, 1.807) is 6.07 Å². The van der Waals surface area contributed by atoms with Crippen LogP contribution in [0.2, 0.25) is 0 Å². The number of ether oxygens (including phenoxy) is 1. The Kier molecular flexibility index (Phi) is 4.40. The summed E-state index contributed by atoms with van der Waals surface area (Å²) in [7, 11) is 3.97. The molecule has 0 spiro atoms. The Balaban J connectivity index is 2.23. The number of nitrogens with zero attached hydrogens (tertiary/aromatic N) is 3. The van der Waals surface area contributed by atoms with Crippen LogP contribution in [0.5, 0.6) is 11.6 Å². The summed E-state index contributed by atoms with van der Waals surface area (Å²) in [4.78, 5) is 10.6. The second-order valence-electron chi connectivity index (χ2n) is 4.79. The van der Waals surface area contributed by atoms with Crippen LogP contribution in [0.25, 0.3) is 0 Å². The molecule has 0 saturated carbocycles. The van der Waals surface area contributed by atoms with Crippen molar-refractivity contribution in [3.8, 4) is 11.6 Å². The van der Waals surface area contributed by atoms with Crippen LogP contribution in [-0.4, -0.2) is 24.1 Å². The van der Waals surface area contributed by atoms with Crippen molar-refractivity contribution >= 4 is 11.5 Å². The third-order valence-corrected chi connectivity index (χ3v) is 2.80. The lowest BCUT2D eigenvalue weighted by atomic mass is 10.3. The molecule has 2 rings (SSSR count). The Morgan fingerprint density at radius 1 is 1.20 bits per heavy atom. The molecule has 106 valence electrons. The maximum Gasteiger partial charge on any atom is 0.224 e. The van der Waals surface area contributed by atoms with Crippen molar-refractivity contribution in [2.45, 2.75) is 19.8 Å². The van der Waals surface area contributed by atoms with Gasteiger partial charge in [0, 0.05) is 38.3 Å². The molecule has 2 aromatic rings. The summed E-state index contributed by atoms with van der Waals surface area (Å²) in [6.45, 7) is 2.08. The van der Waals surface area contributed by atoms with E-state index in [2.05, 4.69) is 16.9 Å². The lowest BCUT2D eigenvalue weighted by Gasteiger charge is -2.14. The SMILES string of the molecule is CCCc1nc(N)cc(Oc2cccc(N(C)C)c2)n1. The number of benzene rings is 1. The standard InChI is InChI=1S/C15H20N4O/c1-4-6-14-17-13(16)10-15(18-14)20-12-8-5-7-11(9-12)19(2)3/h5,7-10H,4,6H2,1-3H3,(H2,16,17,18). The van der Waals surface area contributed by atoms with Gasteiger partial charge in [0.1, 0.15) is 17.4 Å². The molecule has 20 heavy (non-hydrogen) atoms. The van der Waals surface area contributed by atoms with Gasteiger partial charge in [-0.05, 0) is 18.6 Å². The molecule has 0 saturated heterocycles. The first-order valence-corrected chi connectivity index (χ1v) is 6.67. The van der Waals surface area contributed by atoms with Gasteiger partial charge >= 0.3 is 0 Å². The van der Waals surface area contributed by atoms with E-state index in [1.165, 1.54) is 0 Å². The highest BCUT2D eigenvalue weighted by Crippen LogP contribution is 2.24. The van der Waals surface area contributed by atoms with Crippen LogP contribution in [0.3, 0.4) is 0 Å². The summed E-state index contributed by atoms with van der Waals surface area (Å²) < 4.78 is 5.78. The molecule has 0 bridgehead atoms. The van der Waals surface area contributed by atoms with Crippen molar-refractivity contribution in [1.29, 1.82) is 0 Å². The van der Waals surface area contributed by atoms with Crippen LogP contribution in [0.4, 0.5) is 11.5 Å². The Bertz CT molecular complexity index is 584. The van der Waals surface area contributed by atoms with Gasteiger partial charge in [0.25, 0.3) is 0 Å². The zero-order valence-corrected chi connectivity index (χ0v) is 12.1. The number of hydrogen-bond acceptors (Lipinski definition) is 5. The lowest BCUT2D eigenvalue weighted by molar-refractivity contribution is 0.459. The molecule has 0 radical (unpaired) electrons. The van der Waals surface area contributed by atoms with Crippen molar-refractivity contribution in [2.24, 2.45) is 0 Å². The molecule has 0 aliphatic carbocycles. The molecule has 0 aliphatic rings. The summed E-state index contributed by atoms with van der Waals surface area (Å²) in [5, 5.41) is 0. The van der Waals surface area contributed by atoms with Gasteiger partial charge in [0.05, 0.1) is 0 Å². The molecular formula is C15H20N4O. The Morgan fingerprint density at radius 2 is 2.00 bits per heavy atom. The van der Waals surface area contributed by atoms with Crippen molar-refractivity contribution in [2.75, 3.05) is 24.7 Å². The molecule has 2 N–H and O–H groups in total. The van der Waals surface area contributed by atoms with E-state index < -0.39 is 0 Å². The maximum absolute atomic E-state index is 5.78. The third kappa shape index (κ3) is 3.60. The summed E-state index contributed by atoms with van der Waals surface area (Å²) >= 11 is 0. The minimum Gasteiger partial charge on any atom is -0.439 e. The predicted octanol–water partition coefficient (Wildman–Crippen LogP) is 2.87. The molecule has 1 aromatic heterocycles. The van der Waals surface area contributed by atoms with Gasteiger partial charge in [-0.15, -0.1) is 0 Å². The molecule has 0 fully saturated rings. The minimum absolute atomic E-state index is 0.433. The molecule has 0 amide bonds. The molecule has 5 nitrogen and oxygen atoms in total. The Morgan fingerprint density at radius 3 is 2.70 bits per heavy atom. The fourth-order valence-corrected chi connectivity index (χ4v) is 1.83. The number of anilines is 2. The van der Waals surface area contributed by atoms with Gasteiger partial charge in [-0.25, -0.2) is 4.98 Å². The number of nitrogens with two attached hydrogens (primary N) is 1. The number of aromatic nitrogens is 2. The van der Waals surface area contributed by atoms with Crippen molar-refractivity contribution in [1.82, 2.24) is 9.97 Å². The maximum atomic E-state index is 5.78. The second kappa shape index (κ2) is 6.23. The number of rotatable bonds is 5. The van der Waals surface area contributed by atoms with E-state index in [0.29, 0.717) is 17.5 Å².